The Hall–Kier alpha value is -0.960. The number of halogens is 2. The first kappa shape index (κ1) is 18.1. The number of aryl methyl sites for hydroxylation is 1. The van der Waals surface area contributed by atoms with Crippen LogP contribution in [-0.2, 0) is 0 Å². The van der Waals surface area contributed by atoms with Crippen LogP contribution in [-0.4, -0.2) is 6.54 Å². The van der Waals surface area contributed by atoms with E-state index in [0.29, 0.717) is 17.0 Å². The first-order chi connectivity index (χ1) is 10.0. The molecule has 0 heterocycles. The highest BCUT2D eigenvalue weighted by Gasteiger charge is 2.24. The van der Waals surface area contributed by atoms with Gasteiger partial charge in [0.1, 0.15) is 11.6 Å². The minimum atomic E-state index is -0.319. The van der Waals surface area contributed by atoms with Crippen LogP contribution in [0.4, 0.5) is 8.78 Å². The monoisotopic (exact) mass is 297 g/mol. The first-order valence-electron chi connectivity index (χ1n) is 8.23. The van der Waals surface area contributed by atoms with Gasteiger partial charge in [0, 0.05) is 11.6 Å². The van der Waals surface area contributed by atoms with Gasteiger partial charge < -0.3 is 5.32 Å². The lowest BCUT2D eigenvalue weighted by atomic mass is 9.86. The summed E-state index contributed by atoms with van der Waals surface area (Å²) in [5, 5.41) is 3.43. The summed E-state index contributed by atoms with van der Waals surface area (Å²) in [4.78, 5) is 0. The Kier molecular flexibility index (Phi) is 7.87. The molecule has 0 spiro atoms. The molecule has 1 N–H and O–H groups in total. The van der Waals surface area contributed by atoms with Crippen molar-refractivity contribution in [2.75, 3.05) is 6.54 Å². The van der Waals surface area contributed by atoms with E-state index in [4.69, 9.17) is 0 Å². The summed E-state index contributed by atoms with van der Waals surface area (Å²) in [6, 6.07) is 2.60. The zero-order valence-electron chi connectivity index (χ0n) is 13.8. The van der Waals surface area contributed by atoms with Crippen LogP contribution >= 0.6 is 0 Å². The minimum Gasteiger partial charge on any atom is -0.310 e. The van der Waals surface area contributed by atoms with Gasteiger partial charge >= 0.3 is 0 Å². The highest BCUT2D eigenvalue weighted by atomic mass is 19.1. The normalized spacial score (nSPS) is 14.2. The van der Waals surface area contributed by atoms with Gasteiger partial charge in [-0.1, -0.05) is 40.0 Å². The third-order valence-corrected chi connectivity index (χ3v) is 4.15. The Balaban J connectivity index is 3.07. The second-order valence-corrected chi connectivity index (χ2v) is 5.87. The molecule has 0 saturated heterocycles. The third-order valence-electron chi connectivity index (χ3n) is 4.15. The van der Waals surface area contributed by atoms with Crippen LogP contribution < -0.4 is 5.32 Å². The van der Waals surface area contributed by atoms with Crippen molar-refractivity contribution < 1.29 is 8.78 Å². The molecule has 1 rings (SSSR count). The van der Waals surface area contributed by atoms with Crippen molar-refractivity contribution in [2.45, 2.75) is 65.8 Å². The maximum absolute atomic E-state index is 14.3. The summed E-state index contributed by atoms with van der Waals surface area (Å²) in [5.74, 6) is -0.273. The van der Waals surface area contributed by atoms with Gasteiger partial charge in [0.25, 0.3) is 0 Å². The van der Waals surface area contributed by atoms with Crippen molar-refractivity contribution in [3.8, 4) is 0 Å². The van der Waals surface area contributed by atoms with Gasteiger partial charge in [0.2, 0.25) is 0 Å². The lowest BCUT2D eigenvalue weighted by Gasteiger charge is -2.28. The summed E-state index contributed by atoms with van der Waals surface area (Å²) in [7, 11) is 0. The molecule has 1 aromatic rings. The molecule has 0 aliphatic rings. The van der Waals surface area contributed by atoms with Gasteiger partial charge in [-0.05, 0) is 49.9 Å². The van der Waals surface area contributed by atoms with E-state index in [2.05, 4.69) is 26.1 Å². The molecule has 0 aromatic heterocycles. The van der Waals surface area contributed by atoms with Crippen LogP contribution in [0, 0.1) is 24.5 Å². The van der Waals surface area contributed by atoms with Crippen molar-refractivity contribution >= 4 is 0 Å². The van der Waals surface area contributed by atoms with E-state index in [1.807, 2.05) is 0 Å². The molecule has 1 aromatic carbocycles. The van der Waals surface area contributed by atoms with Crippen LogP contribution in [0.1, 0.15) is 70.0 Å². The number of hydrogen-bond donors (Lipinski definition) is 1. The summed E-state index contributed by atoms with van der Waals surface area (Å²) in [6.45, 7) is 8.80. The smallest absolute Gasteiger partial charge is 0.128 e. The number of benzene rings is 1. The molecule has 2 atom stereocenters. The van der Waals surface area contributed by atoms with Crippen molar-refractivity contribution in [2.24, 2.45) is 5.92 Å². The van der Waals surface area contributed by atoms with Gasteiger partial charge in [-0.25, -0.2) is 8.78 Å². The number of hydrogen-bond acceptors (Lipinski definition) is 1. The SMILES string of the molecule is CCCCC(CC)C(NCCC)c1cc(F)c(C)cc1F. The Morgan fingerprint density at radius 1 is 1.05 bits per heavy atom. The molecular weight excluding hydrogens is 268 g/mol. The van der Waals surface area contributed by atoms with Crippen molar-refractivity contribution in [1.82, 2.24) is 5.32 Å². The second kappa shape index (κ2) is 9.14. The zero-order chi connectivity index (χ0) is 15.8. The van der Waals surface area contributed by atoms with E-state index < -0.39 is 0 Å². The molecule has 0 amide bonds. The van der Waals surface area contributed by atoms with E-state index in [1.165, 1.54) is 12.1 Å². The van der Waals surface area contributed by atoms with E-state index in [1.54, 1.807) is 6.92 Å². The molecule has 0 bridgehead atoms. The van der Waals surface area contributed by atoms with Gasteiger partial charge in [-0.15, -0.1) is 0 Å². The zero-order valence-corrected chi connectivity index (χ0v) is 13.8. The van der Waals surface area contributed by atoms with Crippen LogP contribution in [0.15, 0.2) is 12.1 Å². The Morgan fingerprint density at radius 2 is 1.76 bits per heavy atom. The maximum Gasteiger partial charge on any atom is 0.128 e. The molecule has 3 heteroatoms. The quantitative estimate of drug-likeness (QED) is 0.632. The summed E-state index contributed by atoms with van der Waals surface area (Å²) in [5.41, 5.74) is 0.849. The van der Waals surface area contributed by atoms with Gasteiger partial charge in [-0.3, -0.25) is 0 Å². The maximum atomic E-state index is 14.3. The van der Waals surface area contributed by atoms with Crippen molar-refractivity contribution in [3.05, 3.63) is 34.9 Å². The highest BCUT2D eigenvalue weighted by molar-refractivity contribution is 5.28. The molecule has 1 nitrogen and oxygen atoms in total. The minimum absolute atomic E-state index is 0.100. The van der Waals surface area contributed by atoms with Gasteiger partial charge in [0.05, 0.1) is 0 Å². The Morgan fingerprint density at radius 3 is 2.33 bits per heavy atom. The molecule has 0 fully saturated rings. The standard InChI is InChI=1S/C18H29F2N/c1-5-8-9-14(7-3)18(21-10-6-2)15-12-16(19)13(4)11-17(15)20/h11-12,14,18,21H,5-10H2,1-4H3. The summed E-state index contributed by atoms with van der Waals surface area (Å²) < 4.78 is 28.2. The average Bonchev–Trinajstić information content (AvgIpc) is 2.47. The molecule has 0 aliphatic heterocycles. The predicted molar refractivity (Wildman–Crippen MR) is 85.4 cm³/mol. The van der Waals surface area contributed by atoms with E-state index in [0.717, 1.165) is 38.6 Å². The van der Waals surface area contributed by atoms with E-state index >= 15 is 0 Å². The second-order valence-electron chi connectivity index (χ2n) is 5.87. The summed E-state index contributed by atoms with van der Waals surface area (Å²) >= 11 is 0. The largest absolute Gasteiger partial charge is 0.310 e. The van der Waals surface area contributed by atoms with E-state index in [9.17, 15) is 8.78 Å². The average molecular weight is 297 g/mol. The van der Waals surface area contributed by atoms with Gasteiger partial charge in [0.15, 0.2) is 0 Å². The predicted octanol–water partition coefficient (Wildman–Crippen LogP) is 5.53. The van der Waals surface area contributed by atoms with E-state index in [-0.39, 0.29) is 17.7 Å². The highest BCUT2D eigenvalue weighted by Crippen LogP contribution is 2.31. The molecular formula is C18H29F2N. The lowest BCUT2D eigenvalue weighted by molar-refractivity contribution is 0.315. The van der Waals surface area contributed by atoms with Crippen LogP contribution in [0.25, 0.3) is 0 Å². The van der Waals surface area contributed by atoms with Crippen LogP contribution in [0.3, 0.4) is 0 Å². The topological polar surface area (TPSA) is 12.0 Å². The van der Waals surface area contributed by atoms with Crippen LogP contribution in [0.2, 0.25) is 0 Å². The number of unbranched alkanes of at least 4 members (excludes halogenated alkanes) is 1. The molecule has 0 saturated carbocycles. The molecule has 21 heavy (non-hydrogen) atoms. The third kappa shape index (κ3) is 5.06. The number of nitrogens with one attached hydrogen (secondary N) is 1. The Bertz CT molecular complexity index is 431. The fourth-order valence-corrected chi connectivity index (χ4v) is 2.80. The van der Waals surface area contributed by atoms with Crippen LogP contribution in [0.5, 0.6) is 0 Å². The first-order valence-corrected chi connectivity index (χ1v) is 8.23. The molecule has 120 valence electrons. The van der Waals surface area contributed by atoms with Gasteiger partial charge in [-0.2, -0.15) is 0 Å². The molecule has 2 unspecified atom stereocenters. The number of rotatable bonds is 9. The Labute approximate surface area is 128 Å². The molecule has 0 radical (unpaired) electrons. The summed E-state index contributed by atoms with van der Waals surface area (Å²) in [6.07, 6.45) is 5.25. The molecule has 0 aliphatic carbocycles. The lowest BCUT2D eigenvalue weighted by Crippen LogP contribution is -2.30. The fourth-order valence-electron chi connectivity index (χ4n) is 2.80. The van der Waals surface area contributed by atoms with Crippen molar-refractivity contribution in [3.63, 3.8) is 0 Å². The fraction of sp³-hybridized carbons (Fsp3) is 0.667. The van der Waals surface area contributed by atoms with Crippen molar-refractivity contribution in [1.29, 1.82) is 0 Å².